The topological polar surface area (TPSA) is 123 Å². The fraction of sp³-hybridized carbons (Fsp3) is 0.455. The second-order valence-corrected chi connectivity index (χ2v) is 10.5. The van der Waals surface area contributed by atoms with Crippen LogP contribution in [0.4, 0.5) is 0 Å². The van der Waals surface area contributed by atoms with Crippen LogP contribution >= 0.6 is 0 Å². The molecular formula is C33H48N2O6. The molecule has 0 spiro atoms. The van der Waals surface area contributed by atoms with Crippen molar-refractivity contribution in [2.75, 3.05) is 33.4 Å². The summed E-state index contributed by atoms with van der Waals surface area (Å²) in [5, 5.41) is 44.3. The minimum atomic E-state index is -0.490. The Morgan fingerprint density at radius 3 is 2.00 bits per heavy atom. The summed E-state index contributed by atoms with van der Waals surface area (Å²) >= 11 is 0. The van der Waals surface area contributed by atoms with Crippen molar-refractivity contribution in [2.45, 2.75) is 64.6 Å². The third kappa shape index (κ3) is 14.8. The van der Waals surface area contributed by atoms with E-state index in [0.29, 0.717) is 31.0 Å². The first-order chi connectivity index (χ1) is 19.7. The van der Waals surface area contributed by atoms with Crippen molar-refractivity contribution in [3.8, 4) is 23.0 Å². The maximum Gasteiger partial charge on any atom is 0.157 e. The molecule has 0 aliphatic heterocycles. The molecule has 41 heavy (non-hydrogen) atoms. The van der Waals surface area contributed by atoms with Crippen LogP contribution in [-0.4, -0.2) is 72.0 Å². The summed E-state index contributed by atoms with van der Waals surface area (Å²) < 4.78 is 10.6. The van der Waals surface area contributed by atoms with Crippen molar-refractivity contribution in [3.63, 3.8) is 0 Å². The number of aliphatic hydroxyl groups excluding tert-OH is 1. The molecule has 0 bridgehead atoms. The minimum absolute atomic E-state index is 0.0714. The third-order valence-electron chi connectivity index (χ3n) is 6.47. The van der Waals surface area contributed by atoms with E-state index in [4.69, 9.17) is 9.47 Å². The Labute approximate surface area is 245 Å². The van der Waals surface area contributed by atoms with Gasteiger partial charge in [-0.3, -0.25) is 0 Å². The Bertz CT molecular complexity index is 1110. The van der Waals surface area contributed by atoms with Gasteiger partial charge < -0.3 is 40.5 Å². The fourth-order valence-electron chi connectivity index (χ4n) is 3.93. The summed E-state index contributed by atoms with van der Waals surface area (Å²) in [6, 6.07) is 20.9. The van der Waals surface area contributed by atoms with Crippen LogP contribution in [0.5, 0.6) is 23.0 Å². The molecule has 0 fully saturated rings. The molecule has 0 heterocycles. The van der Waals surface area contributed by atoms with E-state index in [-0.39, 0.29) is 11.5 Å². The molecule has 6 N–H and O–H groups in total. The molecule has 0 aromatic heterocycles. The number of nitrogens with one attached hydrogen (secondary N) is 2. The molecule has 0 saturated carbocycles. The molecule has 0 aliphatic rings. The zero-order chi connectivity index (χ0) is 30.0. The second-order valence-electron chi connectivity index (χ2n) is 10.5. The van der Waals surface area contributed by atoms with Crippen molar-refractivity contribution >= 4 is 0 Å². The number of hydrogen-bond donors (Lipinski definition) is 6. The van der Waals surface area contributed by atoms with Crippen LogP contribution in [0.25, 0.3) is 0 Å². The quantitative estimate of drug-likeness (QED) is 0.139. The maximum atomic E-state index is 9.73. The summed E-state index contributed by atoms with van der Waals surface area (Å²) in [6.07, 6.45) is 3.20. The molecule has 8 heteroatoms. The van der Waals surface area contributed by atoms with E-state index in [1.165, 1.54) is 17.2 Å². The van der Waals surface area contributed by atoms with Crippen molar-refractivity contribution in [2.24, 2.45) is 0 Å². The monoisotopic (exact) mass is 568 g/mol. The van der Waals surface area contributed by atoms with Gasteiger partial charge in [0.1, 0.15) is 24.2 Å². The summed E-state index contributed by atoms with van der Waals surface area (Å²) in [7, 11) is 1.70. The number of aliphatic hydroxyl groups is 1. The Morgan fingerprint density at radius 2 is 1.37 bits per heavy atom. The van der Waals surface area contributed by atoms with E-state index in [1.54, 1.807) is 25.3 Å². The Balaban J connectivity index is 0.000000290. The molecule has 3 rings (SSSR count). The third-order valence-corrected chi connectivity index (χ3v) is 6.47. The molecule has 3 aromatic rings. The average molecular weight is 569 g/mol. The molecule has 0 amide bonds. The van der Waals surface area contributed by atoms with E-state index in [0.717, 1.165) is 50.1 Å². The normalized spacial score (nSPS) is 12.4. The van der Waals surface area contributed by atoms with Crippen LogP contribution in [-0.2, 0) is 24.0 Å². The fourth-order valence-corrected chi connectivity index (χ4v) is 3.93. The van der Waals surface area contributed by atoms with Crippen LogP contribution in [0.15, 0.2) is 66.7 Å². The van der Waals surface area contributed by atoms with Crippen LogP contribution in [0.3, 0.4) is 0 Å². The summed E-state index contributed by atoms with van der Waals surface area (Å²) in [5.41, 5.74) is 3.43. The van der Waals surface area contributed by atoms with Gasteiger partial charge in [0.25, 0.3) is 0 Å². The zero-order valence-electron chi connectivity index (χ0n) is 24.8. The van der Waals surface area contributed by atoms with E-state index in [2.05, 4.69) is 17.6 Å². The largest absolute Gasteiger partial charge is 0.508 e. The number of rotatable bonds is 16. The summed E-state index contributed by atoms with van der Waals surface area (Å²) in [6.45, 7) is 8.63. The Morgan fingerprint density at radius 1 is 0.732 bits per heavy atom. The van der Waals surface area contributed by atoms with Crippen LogP contribution in [0.2, 0.25) is 0 Å². The first-order valence-electron chi connectivity index (χ1n) is 14.3. The molecule has 226 valence electrons. The van der Waals surface area contributed by atoms with Gasteiger partial charge in [0.05, 0.1) is 6.61 Å². The highest BCUT2D eigenvalue weighted by Crippen LogP contribution is 2.25. The highest BCUT2D eigenvalue weighted by molar-refractivity contribution is 5.40. The van der Waals surface area contributed by atoms with Gasteiger partial charge in [-0.2, -0.15) is 0 Å². The van der Waals surface area contributed by atoms with Gasteiger partial charge in [0.2, 0.25) is 0 Å². The van der Waals surface area contributed by atoms with E-state index >= 15 is 0 Å². The molecule has 2 unspecified atom stereocenters. The molecule has 0 radical (unpaired) electrons. The van der Waals surface area contributed by atoms with Crippen LogP contribution in [0, 0.1) is 0 Å². The number of phenols is 3. The molecule has 3 aromatic carbocycles. The smallest absolute Gasteiger partial charge is 0.157 e. The Kier molecular flexibility index (Phi) is 15.7. The lowest BCUT2D eigenvalue weighted by Crippen LogP contribution is -2.35. The predicted molar refractivity (Wildman–Crippen MR) is 164 cm³/mol. The number of methoxy groups -OCH3 is 1. The summed E-state index contributed by atoms with van der Waals surface area (Å²) in [4.78, 5) is 0. The van der Waals surface area contributed by atoms with Crippen molar-refractivity contribution in [1.82, 2.24) is 10.6 Å². The molecule has 0 saturated heterocycles. The number of aromatic hydroxyl groups is 3. The summed E-state index contributed by atoms with van der Waals surface area (Å²) in [5.74, 6) is 0.925. The van der Waals surface area contributed by atoms with Gasteiger partial charge in [-0.1, -0.05) is 44.2 Å². The highest BCUT2D eigenvalue weighted by atomic mass is 16.5. The number of phenolic OH excluding ortho intramolecular Hbond substituents is 3. The first kappa shape index (κ1) is 33.9. The lowest BCUT2D eigenvalue weighted by molar-refractivity contribution is 0.104. The number of aryl methyl sites for hydroxylation is 1. The molecular weight excluding hydrogens is 520 g/mol. The van der Waals surface area contributed by atoms with E-state index < -0.39 is 6.10 Å². The SMILES string of the molecule is CC(CCc1ccc(O)cc1)NCCc1ccc(O)c(O)c1.COCCc1ccc(OCC(O)CNC(C)C)cc1. The maximum absolute atomic E-state index is 9.73. The number of benzene rings is 3. The van der Waals surface area contributed by atoms with Crippen molar-refractivity contribution in [3.05, 3.63) is 83.4 Å². The predicted octanol–water partition coefficient (Wildman–Crippen LogP) is 4.57. The molecule has 2 atom stereocenters. The zero-order valence-corrected chi connectivity index (χ0v) is 24.8. The van der Waals surface area contributed by atoms with E-state index in [1.807, 2.05) is 56.3 Å². The highest BCUT2D eigenvalue weighted by Gasteiger charge is 2.06. The van der Waals surface area contributed by atoms with Gasteiger partial charge in [-0.05, 0) is 92.2 Å². The van der Waals surface area contributed by atoms with Gasteiger partial charge in [-0.15, -0.1) is 0 Å². The first-order valence-corrected chi connectivity index (χ1v) is 14.3. The molecule has 8 nitrogen and oxygen atoms in total. The van der Waals surface area contributed by atoms with E-state index in [9.17, 15) is 20.4 Å². The molecule has 0 aliphatic carbocycles. The Hall–Kier alpha value is -3.30. The van der Waals surface area contributed by atoms with Gasteiger partial charge >= 0.3 is 0 Å². The van der Waals surface area contributed by atoms with Gasteiger partial charge in [0.15, 0.2) is 11.5 Å². The van der Waals surface area contributed by atoms with Crippen LogP contribution in [0.1, 0.15) is 43.9 Å². The lowest BCUT2D eigenvalue weighted by Gasteiger charge is -2.15. The number of hydrogen-bond acceptors (Lipinski definition) is 8. The van der Waals surface area contributed by atoms with Crippen LogP contribution < -0.4 is 15.4 Å². The van der Waals surface area contributed by atoms with Crippen molar-refractivity contribution in [1.29, 1.82) is 0 Å². The second kappa shape index (κ2) is 18.9. The number of ether oxygens (including phenoxy) is 2. The van der Waals surface area contributed by atoms with Gasteiger partial charge in [-0.25, -0.2) is 0 Å². The van der Waals surface area contributed by atoms with Gasteiger partial charge in [0, 0.05) is 25.7 Å². The van der Waals surface area contributed by atoms with Crippen molar-refractivity contribution < 1.29 is 29.9 Å². The minimum Gasteiger partial charge on any atom is -0.508 e. The lowest BCUT2D eigenvalue weighted by atomic mass is 10.1. The standard InChI is InChI=1S/C18H23NO3.C15H25NO3/c1-13(2-3-14-4-7-16(20)8-5-14)19-11-10-15-6-9-17(21)18(22)12-15;1-12(2)16-10-14(17)11-19-15-6-4-13(5-7-15)8-9-18-3/h4-9,12-13,19-22H,2-3,10-11H2,1H3;4-7,12,14,16-17H,8-11H2,1-3H3. The average Bonchev–Trinajstić information content (AvgIpc) is 2.96.